The zero-order chi connectivity index (χ0) is 21.3. The number of nitrogens with zero attached hydrogens (tertiary/aromatic N) is 3. The summed E-state index contributed by atoms with van der Waals surface area (Å²) in [4.78, 5) is 39.9. The fraction of sp³-hybridized carbons (Fsp3) is 0.0500. The maximum atomic E-state index is 13.9. The maximum absolute atomic E-state index is 13.9. The standard InChI is InChI=1S/C20H13FN4O4S/c21-15-6-2-1-4-12(15)11-24-9-3-5-14(19(24)27)18(26)23-20-22-16-8-7-13(25(28)29)10-17(16)30-20/h1-10H,11H2,(H,22,23,26). The van der Waals surface area contributed by atoms with Crippen LogP contribution in [0.2, 0.25) is 0 Å². The molecule has 0 saturated carbocycles. The van der Waals surface area contributed by atoms with Crippen molar-refractivity contribution in [3.8, 4) is 0 Å². The molecule has 0 saturated heterocycles. The minimum atomic E-state index is -0.670. The molecule has 2 aromatic heterocycles. The largest absolute Gasteiger partial charge is 0.310 e. The predicted octanol–water partition coefficient (Wildman–Crippen LogP) is 3.81. The van der Waals surface area contributed by atoms with Crippen LogP contribution in [-0.2, 0) is 6.54 Å². The topological polar surface area (TPSA) is 107 Å². The molecule has 2 aromatic carbocycles. The number of aromatic nitrogens is 2. The Hall–Kier alpha value is -3.92. The van der Waals surface area contributed by atoms with Gasteiger partial charge in [0.05, 0.1) is 21.7 Å². The molecule has 0 radical (unpaired) electrons. The molecule has 0 bridgehead atoms. The van der Waals surface area contributed by atoms with Crippen LogP contribution in [0.25, 0.3) is 10.2 Å². The number of fused-ring (bicyclic) bond motifs is 1. The molecule has 0 aliphatic heterocycles. The van der Waals surface area contributed by atoms with Crippen LogP contribution in [0.3, 0.4) is 0 Å². The number of nitrogens with one attached hydrogen (secondary N) is 1. The van der Waals surface area contributed by atoms with E-state index in [9.17, 15) is 24.1 Å². The number of thiazole rings is 1. The number of carbonyl (C=O) groups excluding carboxylic acids is 1. The highest BCUT2D eigenvalue weighted by molar-refractivity contribution is 7.22. The van der Waals surface area contributed by atoms with Crippen LogP contribution in [0.15, 0.2) is 65.6 Å². The molecule has 4 rings (SSSR count). The molecule has 150 valence electrons. The van der Waals surface area contributed by atoms with E-state index in [0.29, 0.717) is 15.8 Å². The lowest BCUT2D eigenvalue weighted by Crippen LogP contribution is -2.29. The summed E-state index contributed by atoms with van der Waals surface area (Å²) in [6, 6.07) is 13.2. The summed E-state index contributed by atoms with van der Waals surface area (Å²) in [5.41, 5.74) is 0.0352. The number of benzene rings is 2. The van der Waals surface area contributed by atoms with E-state index in [1.54, 1.807) is 18.2 Å². The highest BCUT2D eigenvalue weighted by Crippen LogP contribution is 2.29. The number of carbonyl (C=O) groups is 1. The summed E-state index contributed by atoms with van der Waals surface area (Å²) in [5, 5.41) is 13.7. The number of anilines is 1. The van der Waals surface area contributed by atoms with E-state index in [1.165, 1.54) is 47.2 Å². The molecule has 0 aliphatic carbocycles. The lowest BCUT2D eigenvalue weighted by Gasteiger charge is -2.08. The van der Waals surface area contributed by atoms with E-state index in [-0.39, 0.29) is 22.9 Å². The third-order valence-corrected chi connectivity index (χ3v) is 5.30. The zero-order valence-corrected chi connectivity index (χ0v) is 16.1. The van der Waals surface area contributed by atoms with Gasteiger partial charge in [0.2, 0.25) is 0 Å². The van der Waals surface area contributed by atoms with E-state index < -0.39 is 22.2 Å². The van der Waals surface area contributed by atoms with Crippen molar-refractivity contribution < 1.29 is 14.1 Å². The maximum Gasteiger partial charge on any atom is 0.270 e. The van der Waals surface area contributed by atoms with E-state index >= 15 is 0 Å². The fourth-order valence-corrected chi connectivity index (χ4v) is 3.78. The summed E-state index contributed by atoms with van der Waals surface area (Å²) in [6.45, 7) is -0.0164. The molecule has 10 heteroatoms. The number of non-ortho nitro benzene ring substituents is 1. The number of nitro groups is 1. The first-order chi connectivity index (χ1) is 14.4. The molecular weight excluding hydrogens is 411 g/mol. The van der Waals surface area contributed by atoms with Crippen LogP contribution in [0.5, 0.6) is 0 Å². The van der Waals surface area contributed by atoms with Gasteiger partial charge >= 0.3 is 0 Å². The van der Waals surface area contributed by atoms with E-state index in [1.807, 2.05) is 0 Å². The third-order valence-electron chi connectivity index (χ3n) is 4.37. The number of hydrogen-bond acceptors (Lipinski definition) is 6. The highest BCUT2D eigenvalue weighted by Gasteiger charge is 2.16. The zero-order valence-electron chi connectivity index (χ0n) is 15.2. The van der Waals surface area contributed by atoms with Crippen molar-refractivity contribution in [1.82, 2.24) is 9.55 Å². The van der Waals surface area contributed by atoms with Crippen LogP contribution >= 0.6 is 11.3 Å². The van der Waals surface area contributed by atoms with Gasteiger partial charge in [0, 0.05) is 23.9 Å². The Kier molecular flexibility index (Phi) is 5.07. The van der Waals surface area contributed by atoms with Gasteiger partial charge in [-0.15, -0.1) is 0 Å². The Bertz CT molecular complexity index is 1350. The SMILES string of the molecule is O=C(Nc1nc2ccc([N+](=O)[O-])cc2s1)c1cccn(Cc2ccccc2F)c1=O. The van der Waals surface area contributed by atoms with Gasteiger partial charge in [-0.2, -0.15) is 0 Å². The number of nitro benzene ring substituents is 1. The second-order valence-corrected chi connectivity index (χ2v) is 7.36. The smallest absolute Gasteiger partial charge is 0.270 e. The molecule has 4 aromatic rings. The molecule has 2 heterocycles. The minimum absolute atomic E-state index is 0.0164. The summed E-state index contributed by atoms with van der Waals surface area (Å²) in [5.74, 6) is -1.11. The van der Waals surface area contributed by atoms with Crippen molar-refractivity contribution in [2.24, 2.45) is 0 Å². The average molecular weight is 424 g/mol. The van der Waals surface area contributed by atoms with E-state index in [4.69, 9.17) is 0 Å². The second-order valence-electron chi connectivity index (χ2n) is 6.33. The summed E-state index contributed by atoms with van der Waals surface area (Å²) >= 11 is 1.06. The molecule has 0 atom stereocenters. The lowest BCUT2D eigenvalue weighted by molar-refractivity contribution is -0.384. The van der Waals surface area contributed by atoms with Gasteiger partial charge < -0.3 is 4.57 Å². The fourth-order valence-electron chi connectivity index (χ4n) is 2.89. The first-order valence-electron chi connectivity index (χ1n) is 8.71. The molecule has 0 spiro atoms. The molecule has 1 N–H and O–H groups in total. The summed E-state index contributed by atoms with van der Waals surface area (Å²) in [6.07, 6.45) is 1.47. The van der Waals surface area contributed by atoms with Crippen LogP contribution in [0.4, 0.5) is 15.2 Å². The first kappa shape index (κ1) is 19.4. The van der Waals surface area contributed by atoms with Crippen molar-refractivity contribution >= 4 is 38.3 Å². The number of halogens is 1. The normalized spacial score (nSPS) is 10.8. The van der Waals surface area contributed by atoms with Crippen LogP contribution in [0, 0.1) is 15.9 Å². The second kappa shape index (κ2) is 7.84. The molecule has 1 amide bonds. The molecule has 0 unspecified atom stereocenters. The van der Waals surface area contributed by atoms with Crippen molar-refractivity contribution in [2.75, 3.05) is 5.32 Å². The molecule has 0 aliphatic rings. The Morgan fingerprint density at radius 1 is 1.20 bits per heavy atom. The highest BCUT2D eigenvalue weighted by atomic mass is 32.1. The minimum Gasteiger partial charge on any atom is -0.310 e. The Morgan fingerprint density at radius 2 is 2.00 bits per heavy atom. The van der Waals surface area contributed by atoms with Gasteiger partial charge in [-0.25, -0.2) is 9.37 Å². The summed E-state index contributed by atoms with van der Waals surface area (Å²) < 4.78 is 15.7. The van der Waals surface area contributed by atoms with Crippen LogP contribution < -0.4 is 10.9 Å². The van der Waals surface area contributed by atoms with E-state index in [0.717, 1.165) is 11.3 Å². The molecule has 8 nitrogen and oxygen atoms in total. The quantitative estimate of drug-likeness (QED) is 0.387. The summed E-state index contributed by atoms with van der Waals surface area (Å²) in [7, 11) is 0. The van der Waals surface area contributed by atoms with Gasteiger partial charge in [-0.05, 0) is 24.3 Å². The van der Waals surface area contributed by atoms with Crippen LogP contribution in [-0.4, -0.2) is 20.4 Å². The van der Waals surface area contributed by atoms with Crippen LogP contribution in [0.1, 0.15) is 15.9 Å². The lowest BCUT2D eigenvalue weighted by atomic mass is 10.2. The molecule has 0 fully saturated rings. The monoisotopic (exact) mass is 424 g/mol. The first-order valence-corrected chi connectivity index (χ1v) is 9.53. The molecular formula is C20H13FN4O4S. The van der Waals surface area contributed by atoms with Gasteiger partial charge in [0.1, 0.15) is 11.4 Å². The average Bonchev–Trinajstić information content (AvgIpc) is 3.12. The van der Waals surface area contributed by atoms with Crippen molar-refractivity contribution in [3.63, 3.8) is 0 Å². The Morgan fingerprint density at radius 3 is 2.77 bits per heavy atom. The van der Waals surface area contributed by atoms with Gasteiger partial charge in [0.25, 0.3) is 17.2 Å². The van der Waals surface area contributed by atoms with Gasteiger partial charge in [0.15, 0.2) is 5.13 Å². The van der Waals surface area contributed by atoms with Crippen molar-refractivity contribution in [2.45, 2.75) is 6.54 Å². The van der Waals surface area contributed by atoms with Crippen molar-refractivity contribution in [1.29, 1.82) is 0 Å². The number of hydrogen-bond donors (Lipinski definition) is 1. The van der Waals surface area contributed by atoms with Gasteiger partial charge in [-0.1, -0.05) is 29.5 Å². The third kappa shape index (κ3) is 3.80. The Balaban J connectivity index is 1.59. The molecule has 30 heavy (non-hydrogen) atoms. The number of rotatable bonds is 5. The number of pyridine rings is 1. The Labute approximate surface area is 172 Å². The number of amides is 1. The van der Waals surface area contributed by atoms with Gasteiger partial charge in [-0.3, -0.25) is 25.0 Å². The van der Waals surface area contributed by atoms with E-state index in [2.05, 4.69) is 10.3 Å². The van der Waals surface area contributed by atoms with Crippen molar-refractivity contribution in [3.05, 3.63) is 98.2 Å². The predicted molar refractivity (Wildman–Crippen MR) is 110 cm³/mol.